The zero-order valence-corrected chi connectivity index (χ0v) is 11.5. The Balaban J connectivity index is 2.25. The van der Waals surface area contributed by atoms with E-state index in [1.54, 1.807) is 0 Å². The summed E-state index contributed by atoms with van der Waals surface area (Å²) in [5, 5.41) is 14.5. The molecule has 1 fully saturated rings. The van der Waals surface area contributed by atoms with E-state index in [1.807, 2.05) is 6.07 Å². The number of likely N-dealkylation sites (N-methyl/N-ethyl adjacent to an activating group) is 1. The zero-order valence-electron chi connectivity index (χ0n) is 11.5. The molecule has 2 nitrogen and oxygen atoms in total. The van der Waals surface area contributed by atoms with Crippen molar-refractivity contribution in [1.29, 1.82) is 0 Å². The maximum Gasteiger partial charge on any atom is 0.0865 e. The Morgan fingerprint density at radius 2 is 2.06 bits per heavy atom. The molecule has 18 heavy (non-hydrogen) atoms. The van der Waals surface area contributed by atoms with Gasteiger partial charge in [-0.3, -0.25) is 0 Å². The fourth-order valence-corrected chi connectivity index (χ4v) is 3.32. The molecule has 1 aromatic rings. The van der Waals surface area contributed by atoms with E-state index in [9.17, 15) is 5.11 Å². The average molecular weight is 247 g/mol. The Morgan fingerprint density at radius 3 is 2.72 bits per heavy atom. The van der Waals surface area contributed by atoms with E-state index in [1.165, 1.54) is 12.0 Å². The molecule has 1 aliphatic carbocycles. The predicted octanol–water partition coefficient (Wildman–Crippen LogP) is 3.07. The summed E-state index contributed by atoms with van der Waals surface area (Å²) in [5.41, 5.74) is 0.680. The average Bonchev–Trinajstić information content (AvgIpc) is 2.40. The van der Waals surface area contributed by atoms with Crippen LogP contribution in [0.1, 0.15) is 51.0 Å². The maximum absolute atomic E-state index is 11.1. The fourth-order valence-electron chi connectivity index (χ4n) is 3.32. The lowest BCUT2D eigenvalue weighted by atomic mass is 9.68. The van der Waals surface area contributed by atoms with E-state index >= 15 is 0 Å². The number of hydrogen-bond acceptors (Lipinski definition) is 2. The summed E-state index contributed by atoms with van der Waals surface area (Å²) in [6.45, 7) is 5.12. The van der Waals surface area contributed by atoms with Crippen molar-refractivity contribution < 1.29 is 5.11 Å². The van der Waals surface area contributed by atoms with Gasteiger partial charge in [0.25, 0.3) is 0 Å². The van der Waals surface area contributed by atoms with Crippen LogP contribution in [0.15, 0.2) is 30.3 Å². The number of aliphatic hydroxyl groups is 1. The normalized spacial score (nSPS) is 30.1. The van der Waals surface area contributed by atoms with Crippen LogP contribution < -0.4 is 5.32 Å². The Bertz CT molecular complexity index is 365. The van der Waals surface area contributed by atoms with Crippen molar-refractivity contribution in [2.24, 2.45) is 0 Å². The molecule has 1 aromatic carbocycles. The summed E-state index contributed by atoms with van der Waals surface area (Å²) in [6, 6.07) is 10.6. The SMILES string of the molecule is CCNC(C)C1(O)CCCCC1c1ccccc1. The van der Waals surface area contributed by atoms with Crippen molar-refractivity contribution in [2.75, 3.05) is 6.54 Å². The van der Waals surface area contributed by atoms with Gasteiger partial charge in [-0.2, -0.15) is 0 Å². The largest absolute Gasteiger partial charge is 0.388 e. The number of benzene rings is 1. The molecule has 0 aromatic heterocycles. The molecular weight excluding hydrogens is 222 g/mol. The number of nitrogens with one attached hydrogen (secondary N) is 1. The first-order valence-corrected chi connectivity index (χ1v) is 7.19. The minimum absolute atomic E-state index is 0.146. The van der Waals surface area contributed by atoms with E-state index in [4.69, 9.17) is 0 Å². The van der Waals surface area contributed by atoms with Crippen LogP contribution in [0, 0.1) is 0 Å². The van der Waals surface area contributed by atoms with Gasteiger partial charge in [-0.15, -0.1) is 0 Å². The van der Waals surface area contributed by atoms with Crippen LogP contribution in [0.5, 0.6) is 0 Å². The van der Waals surface area contributed by atoms with Gasteiger partial charge in [0, 0.05) is 12.0 Å². The maximum atomic E-state index is 11.1. The van der Waals surface area contributed by atoms with Crippen LogP contribution in [0.4, 0.5) is 0 Å². The molecule has 3 atom stereocenters. The third-order valence-corrected chi connectivity index (χ3v) is 4.39. The van der Waals surface area contributed by atoms with E-state index in [-0.39, 0.29) is 12.0 Å². The van der Waals surface area contributed by atoms with Crippen LogP contribution in [-0.2, 0) is 0 Å². The van der Waals surface area contributed by atoms with Gasteiger partial charge in [-0.05, 0) is 31.9 Å². The molecular formula is C16H25NO. The lowest BCUT2D eigenvalue weighted by molar-refractivity contribution is -0.0440. The third-order valence-electron chi connectivity index (χ3n) is 4.39. The zero-order chi connectivity index (χ0) is 13.0. The second kappa shape index (κ2) is 5.85. The van der Waals surface area contributed by atoms with Crippen molar-refractivity contribution in [3.8, 4) is 0 Å². The van der Waals surface area contributed by atoms with Gasteiger partial charge in [-0.1, -0.05) is 50.1 Å². The quantitative estimate of drug-likeness (QED) is 0.857. The molecule has 2 rings (SSSR count). The summed E-state index contributed by atoms with van der Waals surface area (Å²) < 4.78 is 0. The van der Waals surface area contributed by atoms with Gasteiger partial charge in [-0.25, -0.2) is 0 Å². The Hall–Kier alpha value is -0.860. The molecule has 1 aliphatic rings. The van der Waals surface area contributed by atoms with Crippen LogP contribution in [-0.4, -0.2) is 23.3 Å². The minimum atomic E-state index is -0.602. The molecule has 0 saturated heterocycles. The molecule has 100 valence electrons. The topological polar surface area (TPSA) is 32.3 Å². The first kappa shape index (κ1) is 13.6. The minimum Gasteiger partial charge on any atom is -0.388 e. The van der Waals surface area contributed by atoms with Crippen molar-refractivity contribution >= 4 is 0 Å². The van der Waals surface area contributed by atoms with E-state index in [0.717, 1.165) is 25.8 Å². The molecule has 0 amide bonds. The van der Waals surface area contributed by atoms with Crippen LogP contribution in [0.2, 0.25) is 0 Å². The molecule has 3 unspecified atom stereocenters. The highest BCUT2D eigenvalue weighted by Gasteiger charge is 2.43. The highest BCUT2D eigenvalue weighted by atomic mass is 16.3. The summed E-state index contributed by atoms with van der Waals surface area (Å²) in [5.74, 6) is 0.265. The Morgan fingerprint density at radius 1 is 1.33 bits per heavy atom. The highest BCUT2D eigenvalue weighted by molar-refractivity contribution is 5.25. The molecule has 0 spiro atoms. The van der Waals surface area contributed by atoms with E-state index in [0.29, 0.717) is 0 Å². The lowest BCUT2D eigenvalue weighted by Crippen LogP contribution is -2.54. The van der Waals surface area contributed by atoms with Gasteiger partial charge >= 0.3 is 0 Å². The van der Waals surface area contributed by atoms with Crippen LogP contribution in [0.25, 0.3) is 0 Å². The Labute approximate surface area is 110 Å². The van der Waals surface area contributed by atoms with Crippen molar-refractivity contribution in [3.63, 3.8) is 0 Å². The van der Waals surface area contributed by atoms with Gasteiger partial charge in [0.05, 0.1) is 5.60 Å². The summed E-state index contributed by atoms with van der Waals surface area (Å²) in [6.07, 6.45) is 4.35. The number of rotatable bonds is 4. The summed E-state index contributed by atoms with van der Waals surface area (Å²) >= 11 is 0. The second-order valence-electron chi connectivity index (χ2n) is 5.48. The third kappa shape index (κ3) is 2.60. The predicted molar refractivity (Wildman–Crippen MR) is 75.7 cm³/mol. The molecule has 0 radical (unpaired) electrons. The van der Waals surface area contributed by atoms with Crippen LogP contribution >= 0.6 is 0 Å². The lowest BCUT2D eigenvalue weighted by Gasteiger charge is -2.44. The van der Waals surface area contributed by atoms with E-state index in [2.05, 4.69) is 43.4 Å². The van der Waals surface area contributed by atoms with Gasteiger partial charge in [0.15, 0.2) is 0 Å². The van der Waals surface area contributed by atoms with Gasteiger partial charge in [0.1, 0.15) is 0 Å². The van der Waals surface area contributed by atoms with Gasteiger partial charge in [0.2, 0.25) is 0 Å². The molecule has 0 aliphatic heterocycles. The van der Waals surface area contributed by atoms with Crippen molar-refractivity contribution in [1.82, 2.24) is 5.32 Å². The second-order valence-corrected chi connectivity index (χ2v) is 5.48. The molecule has 2 heteroatoms. The monoisotopic (exact) mass is 247 g/mol. The Kier molecular flexibility index (Phi) is 4.41. The number of hydrogen-bond donors (Lipinski definition) is 2. The van der Waals surface area contributed by atoms with Crippen molar-refractivity contribution in [3.05, 3.63) is 35.9 Å². The van der Waals surface area contributed by atoms with Crippen molar-refractivity contribution in [2.45, 2.75) is 57.1 Å². The first-order chi connectivity index (χ1) is 8.68. The fraction of sp³-hybridized carbons (Fsp3) is 0.625. The highest BCUT2D eigenvalue weighted by Crippen LogP contribution is 2.42. The van der Waals surface area contributed by atoms with E-state index < -0.39 is 5.60 Å². The first-order valence-electron chi connectivity index (χ1n) is 7.19. The molecule has 2 N–H and O–H groups in total. The summed E-state index contributed by atoms with van der Waals surface area (Å²) in [4.78, 5) is 0. The molecule has 1 saturated carbocycles. The standard InChI is InChI=1S/C16H25NO/c1-3-17-13(2)16(18)12-8-7-11-15(16)14-9-5-4-6-10-14/h4-6,9-10,13,15,17-18H,3,7-8,11-12H2,1-2H3. The van der Waals surface area contributed by atoms with Gasteiger partial charge < -0.3 is 10.4 Å². The smallest absolute Gasteiger partial charge is 0.0865 e. The van der Waals surface area contributed by atoms with Crippen LogP contribution in [0.3, 0.4) is 0 Å². The molecule has 0 heterocycles. The summed E-state index contributed by atoms with van der Waals surface area (Å²) in [7, 11) is 0. The molecule has 0 bridgehead atoms.